The van der Waals surface area contributed by atoms with Crippen molar-refractivity contribution >= 4 is 27.3 Å². The molecule has 0 unspecified atom stereocenters. The van der Waals surface area contributed by atoms with Gasteiger partial charge in [-0.1, -0.05) is 0 Å². The van der Waals surface area contributed by atoms with Crippen LogP contribution in [0.5, 0.6) is 0 Å². The molecular formula is C14H18N4O4S2. The lowest BCUT2D eigenvalue weighted by Crippen LogP contribution is -2.31. The van der Waals surface area contributed by atoms with Gasteiger partial charge >= 0.3 is 5.97 Å². The molecule has 0 atom stereocenters. The van der Waals surface area contributed by atoms with E-state index >= 15 is 0 Å². The molecule has 2 N–H and O–H groups in total. The van der Waals surface area contributed by atoms with Crippen LogP contribution in [0, 0.1) is 0 Å². The van der Waals surface area contributed by atoms with Gasteiger partial charge in [-0.15, -0.1) is 11.3 Å². The molecule has 3 rings (SSSR count). The number of aromatic nitrogens is 2. The fourth-order valence-corrected chi connectivity index (χ4v) is 5.86. The van der Waals surface area contributed by atoms with Crippen LogP contribution in [-0.4, -0.2) is 53.7 Å². The summed E-state index contributed by atoms with van der Waals surface area (Å²) >= 11 is 1.05. The quantitative estimate of drug-likeness (QED) is 0.772. The van der Waals surface area contributed by atoms with E-state index in [1.54, 1.807) is 23.1 Å². The average Bonchev–Trinajstić information content (AvgIpc) is 3.19. The maximum absolute atomic E-state index is 12.9. The number of sulfonamides is 1. The molecule has 0 amide bonds. The Bertz CT molecular complexity index is 843. The van der Waals surface area contributed by atoms with Crippen LogP contribution in [0.25, 0.3) is 0 Å². The third kappa shape index (κ3) is 3.09. The normalized spacial score (nSPS) is 14.8. The van der Waals surface area contributed by atoms with Crippen molar-refractivity contribution in [1.29, 1.82) is 0 Å². The number of nitrogens with one attached hydrogen (secondary N) is 1. The number of thiophene rings is 1. The molecule has 0 aliphatic carbocycles. The number of aromatic carboxylic acids is 1. The van der Waals surface area contributed by atoms with E-state index in [0.29, 0.717) is 31.6 Å². The van der Waals surface area contributed by atoms with Crippen LogP contribution in [0.4, 0.5) is 0 Å². The zero-order valence-corrected chi connectivity index (χ0v) is 14.7. The van der Waals surface area contributed by atoms with E-state index in [1.165, 1.54) is 11.4 Å². The van der Waals surface area contributed by atoms with Gasteiger partial charge in [-0.3, -0.25) is 4.68 Å². The number of rotatable bonds is 6. The number of hydrogen-bond donors (Lipinski definition) is 2. The van der Waals surface area contributed by atoms with E-state index in [2.05, 4.69) is 10.4 Å². The lowest BCUT2D eigenvalue weighted by Gasteiger charge is -2.17. The second-order valence-corrected chi connectivity index (χ2v) is 8.84. The Morgan fingerprint density at radius 1 is 1.54 bits per heavy atom. The number of carbonyl (C=O) groups is 1. The highest BCUT2D eigenvalue weighted by Gasteiger charge is 2.34. The van der Waals surface area contributed by atoms with Gasteiger partial charge in [-0.2, -0.15) is 9.40 Å². The summed E-state index contributed by atoms with van der Waals surface area (Å²) in [5.41, 5.74) is 0.577. The van der Waals surface area contributed by atoms with Crippen LogP contribution in [0.1, 0.15) is 20.8 Å². The van der Waals surface area contributed by atoms with Crippen molar-refractivity contribution in [2.24, 2.45) is 0 Å². The molecule has 8 nitrogen and oxygen atoms in total. The first kappa shape index (κ1) is 17.1. The lowest BCUT2D eigenvalue weighted by molar-refractivity contribution is 0.0692. The predicted octanol–water partition coefficient (Wildman–Crippen LogP) is 0.609. The second-order valence-electron chi connectivity index (χ2n) is 5.49. The topological polar surface area (TPSA) is 105 Å². The molecule has 1 aliphatic rings. The number of likely N-dealkylation sites (N-methyl/N-ethyl adjacent to an activating group) is 1. The lowest BCUT2D eigenvalue weighted by atomic mass is 10.1. The number of carboxylic acid groups (broad SMARTS) is 1. The van der Waals surface area contributed by atoms with Crippen molar-refractivity contribution in [3.05, 3.63) is 34.5 Å². The van der Waals surface area contributed by atoms with Crippen LogP contribution in [0.3, 0.4) is 0 Å². The molecule has 2 aromatic rings. The zero-order valence-electron chi connectivity index (χ0n) is 13.1. The van der Waals surface area contributed by atoms with E-state index < -0.39 is 16.0 Å². The maximum Gasteiger partial charge on any atom is 0.338 e. The summed E-state index contributed by atoms with van der Waals surface area (Å²) in [6, 6.07) is 1.76. The molecule has 2 aromatic heterocycles. The van der Waals surface area contributed by atoms with Gasteiger partial charge in [0.1, 0.15) is 4.21 Å². The van der Waals surface area contributed by atoms with E-state index in [1.807, 2.05) is 0 Å². The Labute approximate surface area is 143 Å². The largest absolute Gasteiger partial charge is 0.478 e. The molecule has 0 fully saturated rings. The molecule has 130 valence electrons. The van der Waals surface area contributed by atoms with Crippen LogP contribution < -0.4 is 5.32 Å². The number of nitrogens with zero attached hydrogens (tertiary/aromatic N) is 3. The maximum atomic E-state index is 12.9. The van der Waals surface area contributed by atoms with Crippen molar-refractivity contribution in [2.75, 3.05) is 20.1 Å². The Balaban J connectivity index is 1.91. The predicted molar refractivity (Wildman–Crippen MR) is 88.7 cm³/mol. The van der Waals surface area contributed by atoms with Crippen molar-refractivity contribution in [3.63, 3.8) is 0 Å². The second kappa shape index (κ2) is 6.63. The number of fused-ring (bicyclic) bond motifs is 1. The molecule has 24 heavy (non-hydrogen) atoms. The molecule has 0 radical (unpaired) electrons. The van der Waals surface area contributed by atoms with Gasteiger partial charge in [0.05, 0.1) is 12.1 Å². The summed E-state index contributed by atoms with van der Waals surface area (Å²) in [5.74, 6) is -1.19. The third-order valence-corrected chi connectivity index (χ3v) is 7.54. The monoisotopic (exact) mass is 370 g/mol. The summed E-state index contributed by atoms with van der Waals surface area (Å²) in [6.07, 6.45) is 3.90. The van der Waals surface area contributed by atoms with E-state index in [-0.39, 0.29) is 16.3 Å². The van der Waals surface area contributed by atoms with E-state index in [0.717, 1.165) is 16.2 Å². The van der Waals surface area contributed by atoms with Crippen LogP contribution in [0.15, 0.2) is 22.7 Å². The molecule has 1 aliphatic heterocycles. The van der Waals surface area contributed by atoms with Crippen LogP contribution >= 0.6 is 11.3 Å². The van der Waals surface area contributed by atoms with Gasteiger partial charge in [0.25, 0.3) is 10.0 Å². The molecule has 3 heterocycles. The molecule has 0 bridgehead atoms. The highest BCUT2D eigenvalue weighted by molar-refractivity contribution is 7.91. The Morgan fingerprint density at radius 3 is 3.00 bits per heavy atom. The van der Waals surface area contributed by atoms with Gasteiger partial charge < -0.3 is 10.4 Å². The number of carboxylic acids is 1. The summed E-state index contributed by atoms with van der Waals surface area (Å²) in [7, 11) is -2.40. The van der Waals surface area contributed by atoms with Crippen molar-refractivity contribution in [3.8, 4) is 0 Å². The highest BCUT2D eigenvalue weighted by Crippen LogP contribution is 2.35. The smallest absolute Gasteiger partial charge is 0.338 e. The van der Waals surface area contributed by atoms with Gasteiger partial charge in [-0.25, -0.2) is 13.2 Å². The minimum absolute atomic E-state index is 0.0672. The third-order valence-electron chi connectivity index (χ3n) is 3.96. The van der Waals surface area contributed by atoms with Gasteiger partial charge in [0, 0.05) is 37.4 Å². The van der Waals surface area contributed by atoms with Gasteiger partial charge in [0.15, 0.2) is 0 Å². The molecule has 0 saturated carbocycles. The highest BCUT2D eigenvalue weighted by atomic mass is 32.2. The Hall–Kier alpha value is -1.75. The summed E-state index contributed by atoms with van der Waals surface area (Å²) < 4.78 is 28.5. The van der Waals surface area contributed by atoms with Crippen LogP contribution in [0.2, 0.25) is 0 Å². The fraction of sp³-hybridized carbons (Fsp3) is 0.429. The van der Waals surface area contributed by atoms with Gasteiger partial charge in [0.2, 0.25) is 0 Å². The minimum atomic E-state index is -3.86. The first-order chi connectivity index (χ1) is 11.4. The van der Waals surface area contributed by atoms with Crippen molar-refractivity contribution in [2.45, 2.75) is 23.7 Å². The van der Waals surface area contributed by atoms with Crippen molar-refractivity contribution < 1.29 is 18.3 Å². The average molecular weight is 370 g/mol. The molecule has 0 aromatic carbocycles. The van der Waals surface area contributed by atoms with Gasteiger partial charge in [-0.05, 0) is 24.6 Å². The van der Waals surface area contributed by atoms with E-state index in [9.17, 15) is 18.3 Å². The SMILES string of the molecule is CN(CCn1cccn1)S(=O)(=O)c1sc2c(c1C(=O)O)CCNC2. The van der Waals surface area contributed by atoms with Crippen LogP contribution in [-0.2, 0) is 29.5 Å². The Morgan fingerprint density at radius 2 is 2.33 bits per heavy atom. The zero-order chi connectivity index (χ0) is 17.3. The minimum Gasteiger partial charge on any atom is -0.478 e. The fourth-order valence-electron chi connectivity index (χ4n) is 2.65. The van der Waals surface area contributed by atoms with Crippen molar-refractivity contribution in [1.82, 2.24) is 19.4 Å². The number of hydrogen-bond acceptors (Lipinski definition) is 6. The summed E-state index contributed by atoms with van der Waals surface area (Å²) in [5, 5.41) is 16.7. The first-order valence-corrected chi connectivity index (χ1v) is 9.69. The van der Waals surface area contributed by atoms with E-state index in [4.69, 9.17) is 0 Å². The first-order valence-electron chi connectivity index (χ1n) is 7.43. The molecule has 10 heteroatoms. The molecular weight excluding hydrogens is 352 g/mol. The summed E-state index contributed by atoms with van der Waals surface area (Å²) in [4.78, 5) is 12.4. The standard InChI is InChI=1S/C14H18N4O4S2/c1-17(7-8-18-6-2-4-16-18)24(21,22)14-12(13(19)20)10-3-5-15-9-11(10)23-14/h2,4,6,15H,3,5,7-9H2,1H3,(H,19,20). The Kier molecular flexibility index (Phi) is 4.72. The summed E-state index contributed by atoms with van der Waals surface area (Å²) in [6.45, 7) is 1.77. The molecule has 0 spiro atoms. The molecule has 0 saturated heterocycles.